The summed E-state index contributed by atoms with van der Waals surface area (Å²) in [5, 5.41) is 12.8. The van der Waals surface area contributed by atoms with Gasteiger partial charge in [0.25, 0.3) is 5.91 Å². The van der Waals surface area contributed by atoms with E-state index in [1.165, 1.54) is 0 Å². The molecular weight excluding hydrogens is 444 g/mol. The average molecular weight is 479 g/mol. The van der Waals surface area contributed by atoms with Gasteiger partial charge in [0.1, 0.15) is 18.1 Å². The minimum atomic E-state index is -0.501. The number of amides is 1. The number of hydrogen-bond donors (Lipinski definition) is 3. The predicted molar refractivity (Wildman–Crippen MR) is 135 cm³/mol. The summed E-state index contributed by atoms with van der Waals surface area (Å²) < 4.78 is 17.1. The molecule has 3 aromatic carbocycles. The lowest BCUT2D eigenvalue weighted by Gasteiger charge is -2.22. The molecule has 4 N–H and O–H groups in total. The van der Waals surface area contributed by atoms with Gasteiger partial charge in [-0.2, -0.15) is 0 Å². The van der Waals surface area contributed by atoms with Gasteiger partial charge in [0.05, 0.1) is 19.3 Å². The fourth-order valence-electron chi connectivity index (χ4n) is 3.60. The summed E-state index contributed by atoms with van der Waals surface area (Å²) in [6.07, 6.45) is 0.618. The SMILES string of the molecule is CC(Cc1ccc(OCC(N)=O)cc1)NCC(OCCO)c1ccc(OCc2ccccc2)cc1. The van der Waals surface area contributed by atoms with Gasteiger partial charge >= 0.3 is 0 Å². The molecule has 0 saturated heterocycles. The van der Waals surface area contributed by atoms with E-state index in [1.54, 1.807) is 0 Å². The molecule has 2 unspecified atom stereocenters. The first-order valence-corrected chi connectivity index (χ1v) is 11.8. The quantitative estimate of drug-likeness (QED) is 0.309. The van der Waals surface area contributed by atoms with Crippen LogP contribution in [0.25, 0.3) is 0 Å². The van der Waals surface area contributed by atoms with E-state index in [2.05, 4.69) is 12.2 Å². The molecule has 0 bridgehead atoms. The van der Waals surface area contributed by atoms with Crippen LogP contribution >= 0.6 is 0 Å². The van der Waals surface area contributed by atoms with Crippen LogP contribution in [-0.4, -0.2) is 43.4 Å². The summed E-state index contributed by atoms with van der Waals surface area (Å²) in [5.74, 6) is 0.907. The maximum absolute atomic E-state index is 10.8. The van der Waals surface area contributed by atoms with Gasteiger partial charge in [0.2, 0.25) is 0 Å². The van der Waals surface area contributed by atoms with E-state index >= 15 is 0 Å². The number of hydrogen-bond acceptors (Lipinski definition) is 6. The van der Waals surface area contributed by atoms with Gasteiger partial charge in [-0.25, -0.2) is 0 Å². The minimum Gasteiger partial charge on any atom is -0.489 e. The topological polar surface area (TPSA) is 103 Å². The van der Waals surface area contributed by atoms with E-state index in [4.69, 9.17) is 19.9 Å². The van der Waals surface area contributed by atoms with E-state index in [0.717, 1.165) is 28.9 Å². The van der Waals surface area contributed by atoms with Crippen LogP contribution in [0.5, 0.6) is 11.5 Å². The molecule has 3 aromatic rings. The smallest absolute Gasteiger partial charge is 0.255 e. The molecule has 0 heterocycles. The van der Waals surface area contributed by atoms with Crippen molar-refractivity contribution in [2.24, 2.45) is 5.73 Å². The van der Waals surface area contributed by atoms with Gasteiger partial charge in [-0.05, 0) is 54.3 Å². The number of carbonyl (C=O) groups excluding carboxylic acids is 1. The Morgan fingerprint density at radius 1 is 0.914 bits per heavy atom. The lowest BCUT2D eigenvalue weighted by molar-refractivity contribution is -0.119. The fraction of sp³-hybridized carbons (Fsp3) is 0.321. The Labute approximate surface area is 206 Å². The van der Waals surface area contributed by atoms with Gasteiger partial charge in [0.15, 0.2) is 6.61 Å². The molecule has 0 fully saturated rings. The van der Waals surface area contributed by atoms with Crippen molar-refractivity contribution in [1.29, 1.82) is 0 Å². The molecule has 0 spiro atoms. The number of carbonyl (C=O) groups is 1. The molecule has 0 saturated carbocycles. The van der Waals surface area contributed by atoms with Gasteiger partial charge in [0, 0.05) is 12.6 Å². The van der Waals surface area contributed by atoms with Crippen molar-refractivity contribution in [2.45, 2.75) is 32.1 Å². The Morgan fingerprint density at radius 2 is 1.57 bits per heavy atom. The molecule has 1 amide bonds. The van der Waals surface area contributed by atoms with Gasteiger partial charge < -0.3 is 30.4 Å². The van der Waals surface area contributed by atoms with Crippen molar-refractivity contribution < 1.29 is 24.1 Å². The number of aliphatic hydroxyl groups excluding tert-OH is 1. The van der Waals surface area contributed by atoms with Crippen molar-refractivity contribution in [3.8, 4) is 11.5 Å². The second kappa shape index (κ2) is 14.1. The Balaban J connectivity index is 1.50. The van der Waals surface area contributed by atoms with Crippen molar-refractivity contribution in [3.63, 3.8) is 0 Å². The molecule has 186 valence electrons. The maximum atomic E-state index is 10.8. The van der Waals surface area contributed by atoms with Crippen LogP contribution in [0.4, 0.5) is 0 Å². The molecule has 0 aliphatic rings. The molecule has 0 aliphatic heterocycles. The first-order chi connectivity index (χ1) is 17.0. The normalized spacial score (nSPS) is 12.6. The zero-order valence-corrected chi connectivity index (χ0v) is 20.1. The number of nitrogens with two attached hydrogens (primary N) is 1. The predicted octanol–water partition coefficient (Wildman–Crippen LogP) is 3.40. The van der Waals surface area contributed by atoms with Crippen LogP contribution in [0.3, 0.4) is 0 Å². The van der Waals surface area contributed by atoms with Crippen LogP contribution in [0.15, 0.2) is 78.9 Å². The number of primary amides is 1. The lowest BCUT2D eigenvalue weighted by atomic mass is 10.1. The second-order valence-corrected chi connectivity index (χ2v) is 8.34. The van der Waals surface area contributed by atoms with Crippen LogP contribution < -0.4 is 20.5 Å². The standard InChI is InChI=1S/C28H34N2O5/c1-21(17-22-7-11-25(12-8-22)35-20-28(29)32)30-18-27(33-16-15-31)24-9-13-26(14-10-24)34-19-23-5-3-2-4-6-23/h2-14,21,27,30-31H,15-20H2,1H3,(H2,29,32). The minimum absolute atomic E-state index is 0.0332. The highest BCUT2D eigenvalue weighted by Gasteiger charge is 2.14. The summed E-state index contributed by atoms with van der Waals surface area (Å²) >= 11 is 0. The van der Waals surface area contributed by atoms with Crippen LogP contribution in [0.1, 0.15) is 29.7 Å². The summed E-state index contributed by atoms with van der Waals surface area (Å²) in [7, 11) is 0. The van der Waals surface area contributed by atoms with Crippen LogP contribution in [0, 0.1) is 0 Å². The van der Waals surface area contributed by atoms with Crippen LogP contribution in [-0.2, 0) is 22.6 Å². The average Bonchev–Trinajstić information content (AvgIpc) is 2.88. The van der Waals surface area contributed by atoms with E-state index in [1.807, 2.05) is 78.9 Å². The third-order valence-electron chi connectivity index (χ3n) is 5.41. The zero-order valence-electron chi connectivity index (χ0n) is 20.1. The number of nitrogens with one attached hydrogen (secondary N) is 1. The number of ether oxygens (including phenoxy) is 3. The summed E-state index contributed by atoms with van der Waals surface area (Å²) in [6, 6.07) is 25.7. The molecule has 0 aromatic heterocycles. The molecule has 3 rings (SSSR count). The highest BCUT2D eigenvalue weighted by atomic mass is 16.5. The Kier molecular flexibility index (Phi) is 10.6. The fourth-order valence-corrected chi connectivity index (χ4v) is 3.60. The molecule has 0 aliphatic carbocycles. The number of aliphatic hydroxyl groups is 1. The molecular formula is C28H34N2O5. The Morgan fingerprint density at radius 3 is 2.23 bits per heavy atom. The van der Waals surface area contributed by atoms with Crippen molar-refractivity contribution in [2.75, 3.05) is 26.4 Å². The highest BCUT2D eigenvalue weighted by molar-refractivity contribution is 5.75. The number of benzene rings is 3. The maximum Gasteiger partial charge on any atom is 0.255 e. The van der Waals surface area contributed by atoms with Gasteiger partial charge in [-0.15, -0.1) is 0 Å². The monoisotopic (exact) mass is 478 g/mol. The molecule has 35 heavy (non-hydrogen) atoms. The van der Waals surface area contributed by atoms with Crippen molar-refractivity contribution >= 4 is 5.91 Å². The van der Waals surface area contributed by atoms with Gasteiger partial charge in [-0.3, -0.25) is 4.79 Å². The van der Waals surface area contributed by atoms with Crippen molar-refractivity contribution in [1.82, 2.24) is 5.32 Å². The summed E-state index contributed by atoms with van der Waals surface area (Å²) in [4.78, 5) is 10.8. The molecule has 2 atom stereocenters. The molecule has 0 radical (unpaired) electrons. The largest absolute Gasteiger partial charge is 0.489 e. The Bertz CT molecular complexity index is 1010. The first kappa shape index (κ1) is 26.2. The first-order valence-electron chi connectivity index (χ1n) is 11.8. The zero-order chi connectivity index (χ0) is 24.9. The van der Waals surface area contributed by atoms with E-state index in [9.17, 15) is 9.90 Å². The highest BCUT2D eigenvalue weighted by Crippen LogP contribution is 2.22. The number of rotatable bonds is 15. The summed E-state index contributed by atoms with van der Waals surface area (Å²) in [5.41, 5.74) is 8.38. The second-order valence-electron chi connectivity index (χ2n) is 8.34. The Hall–Kier alpha value is -3.39. The molecule has 7 nitrogen and oxygen atoms in total. The van der Waals surface area contributed by atoms with E-state index in [-0.39, 0.29) is 32.0 Å². The lowest BCUT2D eigenvalue weighted by Crippen LogP contribution is -2.33. The van der Waals surface area contributed by atoms with E-state index < -0.39 is 5.91 Å². The molecule has 7 heteroatoms. The van der Waals surface area contributed by atoms with Crippen LogP contribution in [0.2, 0.25) is 0 Å². The third-order valence-corrected chi connectivity index (χ3v) is 5.41. The summed E-state index contributed by atoms with van der Waals surface area (Å²) in [6.45, 7) is 3.33. The van der Waals surface area contributed by atoms with E-state index in [0.29, 0.717) is 18.9 Å². The van der Waals surface area contributed by atoms with Gasteiger partial charge in [-0.1, -0.05) is 54.6 Å². The van der Waals surface area contributed by atoms with Crippen molar-refractivity contribution in [3.05, 3.63) is 95.6 Å². The third kappa shape index (κ3) is 9.41.